The Bertz CT molecular complexity index is 168. The van der Waals surface area contributed by atoms with Gasteiger partial charge in [0, 0.05) is 0 Å². The lowest BCUT2D eigenvalue weighted by molar-refractivity contribution is -0.105. The van der Waals surface area contributed by atoms with Gasteiger partial charge in [0.2, 0.25) is 0 Å². The summed E-state index contributed by atoms with van der Waals surface area (Å²) in [5.41, 5.74) is 0.906. The van der Waals surface area contributed by atoms with Crippen molar-refractivity contribution in [1.29, 1.82) is 0 Å². The number of carbonyl (C=O) groups excluding carboxylic acids is 1. The summed E-state index contributed by atoms with van der Waals surface area (Å²) in [6.07, 6.45) is 7.79. The van der Waals surface area contributed by atoms with Gasteiger partial charge in [0.1, 0.15) is 6.29 Å². The molecule has 0 aliphatic rings. The quantitative estimate of drug-likeness (QED) is 0.336. The van der Waals surface area contributed by atoms with Crippen LogP contribution in [0.25, 0.3) is 0 Å². The molecule has 0 saturated carbocycles. The molecular formula is C11H18O. The van der Waals surface area contributed by atoms with E-state index in [2.05, 4.69) is 19.6 Å². The highest BCUT2D eigenvalue weighted by Crippen LogP contribution is 2.13. The molecule has 0 aliphatic carbocycles. The van der Waals surface area contributed by atoms with Crippen LogP contribution in [-0.2, 0) is 4.79 Å². The molecule has 0 heterocycles. The predicted molar refractivity (Wildman–Crippen MR) is 53.0 cm³/mol. The molecule has 1 nitrogen and oxygen atoms in total. The van der Waals surface area contributed by atoms with E-state index < -0.39 is 0 Å². The maximum Gasteiger partial charge on any atom is 0.145 e. The third-order valence-electron chi connectivity index (χ3n) is 2.00. The third-order valence-corrected chi connectivity index (χ3v) is 2.00. The maximum absolute atomic E-state index is 10.5. The van der Waals surface area contributed by atoms with Gasteiger partial charge in [-0.05, 0) is 30.8 Å². The fourth-order valence-electron chi connectivity index (χ4n) is 1.11. The third kappa shape index (κ3) is 4.12. The van der Waals surface area contributed by atoms with E-state index in [9.17, 15) is 4.79 Å². The Morgan fingerprint density at radius 1 is 1.50 bits per heavy atom. The van der Waals surface area contributed by atoms with Gasteiger partial charge >= 0.3 is 0 Å². The molecular weight excluding hydrogens is 148 g/mol. The molecule has 1 atom stereocenters. The molecule has 1 heteroatoms. The summed E-state index contributed by atoms with van der Waals surface area (Å²) in [6, 6.07) is 0. The lowest BCUT2D eigenvalue weighted by atomic mass is 9.99. The van der Waals surface area contributed by atoms with Gasteiger partial charge in [0.25, 0.3) is 0 Å². The largest absolute Gasteiger partial charge is 0.298 e. The molecule has 0 amide bonds. The van der Waals surface area contributed by atoms with Crippen molar-refractivity contribution in [3.8, 4) is 0 Å². The Labute approximate surface area is 75.2 Å². The van der Waals surface area contributed by atoms with Gasteiger partial charge in [-0.25, -0.2) is 0 Å². The molecule has 12 heavy (non-hydrogen) atoms. The van der Waals surface area contributed by atoms with Crippen LogP contribution in [0.4, 0.5) is 0 Å². The van der Waals surface area contributed by atoms with Crippen molar-refractivity contribution in [2.45, 2.75) is 33.1 Å². The van der Waals surface area contributed by atoms with E-state index in [-0.39, 0.29) is 0 Å². The normalized spacial score (nSPS) is 14.0. The maximum atomic E-state index is 10.5. The van der Waals surface area contributed by atoms with Crippen molar-refractivity contribution >= 4 is 6.29 Å². The molecule has 0 fully saturated rings. The van der Waals surface area contributed by atoms with Crippen LogP contribution in [0.3, 0.4) is 0 Å². The van der Waals surface area contributed by atoms with Crippen molar-refractivity contribution in [3.05, 3.63) is 24.3 Å². The molecule has 68 valence electrons. The SMILES string of the molecule is C=CC[C@H](/C=C(\C=O)CC)CC. The summed E-state index contributed by atoms with van der Waals surface area (Å²) < 4.78 is 0. The highest BCUT2D eigenvalue weighted by atomic mass is 16.1. The molecule has 0 spiro atoms. The smallest absolute Gasteiger partial charge is 0.145 e. The highest BCUT2D eigenvalue weighted by molar-refractivity contribution is 5.72. The number of allylic oxidation sites excluding steroid dienone is 3. The van der Waals surface area contributed by atoms with Crippen LogP contribution in [0.15, 0.2) is 24.3 Å². The Morgan fingerprint density at radius 2 is 2.17 bits per heavy atom. The first-order valence-corrected chi connectivity index (χ1v) is 4.55. The monoisotopic (exact) mass is 166 g/mol. The van der Waals surface area contributed by atoms with Gasteiger partial charge in [0.05, 0.1) is 0 Å². The van der Waals surface area contributed by atoms with E-state index in [0.29, 0.717) is 5.92 Å². The molecule has 0 rings (SSSR count). The number of hydrogen-bond donors (Lipinski definition) is 0. The van der Waals surface area contributed by atoms with Crippen LogP contribution in [0.2, 0.25) is 0 Å². The Hall–Kier alpha value is -0.850. The standard InChI is InChI=1S/C11H18O/c1-4-7-10(5-2)8-11(6-3)9-12/h4,8-10H,1,5-7H2,2-3H3/b11-8-/t10-/m1/s1. The molecule has 0 N–H and O–H groups in total. The van der Waals surface area contributed by atoms with Crippen LogP contribution in [0.1, 0.15) is 33.1 Å². The summed E-state index contributed by atoms with van der Waals surface area (Å²) >= 11 is 0. The van der Waals surface area contributed by atoms with Crippen molar-refractivity contribution in [1.82, 2.24) is 0 Å². The number of hydrogen-bond acceptors (Lipinski definition) is 1. The molecule has 0 radical (unpaired) electrons. The molecule has 0 aromatic carbocycles. The number of carbonyl (C=O) groups is 1. The molecule has 0 aliphatic heterocycles. The summed E-state index contributed by atoms with van der Waals surface area (Å²) in [5.74, 6) is 0.489. The Balaban J connectivity index is 4.20. The van der Waals surface area contributed by atoms with Gasteiger partial charge in [-0.1, -0.05) is 26.0 Å². The topological polar surface area (TPSA) is 17.1 Å². The Morgan fingerprint density at radius 3 is 2.50 bits per heavy atom. The van der Waals surface area contributed by atoms with E-state index in [1.54, 1.807) is 0 Å². The van der Waals surface area contributed by atoms with Crippen LogP contribution in [0, 0.1) is 5.92 Å². The van der Waals surface area contributed by atoms with Crippen LogP contribution < -0.4 is 0 Å². The number of rotatable bonds is 6. The molecule has 0 aromatic heterocycles. The average molecular weight is 166 g/mol. The first-order chi connectivity index (χ1) is 5.78. The van der Waals surface area contributed by atoms with Gasteiger partial charge in [-0.15, -0.1) is 6.58 Å². The van der Waals surface area contributed by atoms with Gasteiger partial charge in [-0.3, -0.25) is 4.79 Å². The van der Waals surface area contributed by atoms with Gasteiger partial charge in [0.15, 0.2) is 0 Å². The second kappa shape index (κ2) is 6.84. The summed E-state index contributed by atoms with van der Waals surface area (Å²) in [6.45, 7) is 7.82. The minimum absolute atomic E-state index is 0.489. The van der Waals surface area contributed by atoms with E-state index in [1.165, 1.54) is 0 Å². The fraction of sp³-hybridized carbons (Fsp3) is 0.545. The zero-order valence-electron chi connectivity index (χ0n) is 8.05. The van der Waals surface area contributed by atoms with Crippen molar-refractivity contribution in [3.63, 3.8) is 0 Å². The second-order valence-corrected chi connectivity index (χ2v) is 2.91. The minimum atomic E-state index is 0.489. The molecule has 0 unspecified atom stereocenters. The van der Waals surface area contributed by atoms with Gasteiger partial charge < -0.3 is 0 Å². The van der Waals surface area contributed by atoms with Crippen LogP contribution in [0.5, 0.6) is 0 Å². The first-order valence-electron chi connectivity index (χ1n) is 4.55. The fourth-order valence-corrected chi connectivity index (χ4v) is 1.11. The van der Waals surface area contributed by atoms with E-state index in [4.69, 9.17) is 0 Å². The zero-order valence-corrected chi connectivity index (χ0v) is 8.05. The van der Waals surface area contributed by atoms with Crippen LogP contribution >= 0.6 is 0 Å². The minimum Gasteiger partial charge on any atom is -0.298 e. The summed E-state index contributed by atoms with van der Waals surface area (Å²) in [4.78, 5) is 10.5. The Kier molecular flexibility index (Phi) is 6.35. The summed E-state index contributed by atoms with van der Waals surface area (Å²) in [5, 5.41) is 0. The second-order valence-electron chi connectivity index (χ2n) is 2.91. The lowest BCUT2D eigenvalue weighted by Gasteiger charge is -2.07. The molecule has 0 bridgehead atoms. The molecule has 0 aromatic rings. The summed E-state index contributed by atoms with van der Waals surface area (Å²) in [7, 11) is 0. The highest BCUT2D eigenvalue weighted by Gasteiger charge is 2.01. The number of aldehydes is 1. The van der Waals surface area contributed by atoms with E-state index in [0.717, 1.165) is 31.1 Å². The average Bonchev–Trinajstić information content (AvgIpc) is 2.12. The lowest BCUT2D eigenvalue weighted by Crippen LogP contribution is -1.95. The van der Waals surface area contributed by atoms with Gasteiger partial charge in [-0.2, -0.15) is 0 Å². The zero-order chi connectivity index (χ0) is 9.40. The van der Waals surface area contributed by atoms with Crippen molar-refractivity contribution in [2.75, 3.05) is 0 Å². The van der Waals surface area contributed by atoms with Crippen molar-refractivity contribution < 1.29 is 4.79 Å². The van der Waals surface area contributed by atoms with Crippen LogP contribution in [-0.4, -0.2) is 6.29 Å². The van der Waals surface area contributed by atoms with Crippen molar-refractivity contribution in [2.24, 2.45) is 5.92 Å². The predicted octanol–water partition coefficient (Wildman–Crippen LogP) is 3.12. The first kappa shape index (κ1) is 11.2. The van der Waals surface area contributed by atoms with E-state index in [1.807, 2.05) is 13.0 Å². The molecule has 0 saturated heterocycles. The van der Waals surface area contributed by atoms with E-state index >= 15 is 0 Å².